The Hall–Kier alpha value is -1.89. The lowest BCUT2D eigenvalue weighted by Gasteiger charge is -2.34. The van der Waals surface area contributed by atoms with Crippen LogP contribution in [0.4, 0.5) is 0 Å². The molecule has 2 aliphatic heterocycles. The van der Waals surface area contributed by atoms with Crippen molar-refractivity contribution < 1.29 is 14.3 Å². The molecule has 1 aromatic heterocycles. The summed E-state index contributed by atoms with van der Waals surface area (Å²) in [7, 11) is 0. The molecule has 0 saturated carbocycles. The quantitative estimate of drug-likeness (QED) is 0.836. The highest BCUT2D eigenvalue weighted by atomic mass is 16.5. The molecule has 1 unspecified atom stereocenters. The van der Waals surface area contributed by atoms with Crippen LogP contribution in [0.2, 0.25) is 0 Å². The van der Waals surface area contributed by atoms with Crippen LogP contribution in [0.15, 0.2) is 12.5 Å². The van der Waals surface area contributed by atoms with E-state index in [4.69, 9.17) is 4.74 Å². The number of aromatic nitrogens is 2. The monoisotopic (exact) mass is 362 g/mol. The van der Waals surface area contributed by atoms with Crippen LogP contribution < -0.4 is 5.32 Å². The Morgan fingerprint density at radius 1 is 1.35 bits per heavy atom. The van der Waals surface area contributed by atoms with Crippen molar-refractivity contribution in [2.45, 2.75) is 52.1 Å². The fourth-order valence-electron chi connectivity index (χ4n) is 3.57. The summed E-state index contributed by atoms with van der Waals surface area (Å²) in [6, 6.07) is -0.399. The summed E-state index contributed by atoms with van der Waals surface area (Å²) in [6.45, 7) is 7.39. The van der Waals surface area contributed by atoms with Crippen molar-refractivity contribution in [3.8, 4) is 0 Å². The van der Waals surface area contributed by atoms with Gasteiger partial charge in [-0.05, 0) is 31.1 Å². The highest BCUT2D eigenvalue weighted by molar-refractivity contribution is 5.83. The average Bonchev–Trinajstić information content (AvgIpc) is 3.12. The molecule has 3 rings (SSSR count). The Bertz CT molecular complexity index is 622. The minimum atomic E-state index is -0.399. The fraction of sp³-hybridized carbons (Fsp3) is 0.737. The molecule has 144 valence electrons. The van der Waals surface area contributed by atoms with E-state index in [0.717, 1.165) is 38.2 Å². The van der Waals surface area contributed by atoms with Gasteiger partial charge in [0.15, 0.2) is 0 Å². The normalized spacial score (nSPS) is 20.9. The molecule has 0 spiro atoms. The molecule has 1 fully saturated rings. The number of carbonyl (C=O) groups excluding carboxylic acids is 2. The highest BCUT2D eigenvalue weighted by Crippen LogP contribution is 2.23. The molecule has 2 aliphatic rings. The molecule has 1 N–H and O–H groups in total. The van der Waals surface area contributed by atoms with E-state index in [9.17, 15) is 9.59 Å². The Morgan fingerprint density at radius 3 is 2.85 bits per heavy atom. The van der Waals surface area contributed by atoms with Crippen LogP contribution in [-0.4, -0.2) is 52.6 Å². The van der Waals surface area contributed by atoms with Crippen molar-refractivity contribution in [3.63, 3.8) is 0 Å². The lowest BCUT2D eigenvalue weighted by molar-refractivity contribution is -0.135. The molecule has 2 amide bonds. The number of hydrogen-bond acceptors (Lipinski definition) is 4. The number of amides is 2. The standard InChI is InChI=1S/C19H30N4O3/c1-14(2)3-4-18(24)22-11-16-10-20-13-23(16)17(12-22)19(25)21-9-15-5-7-26-8-6-15/h10,13-15,17H,3-9,11-12H2,1-2H3,(H,21,25). The molecule has 3 heterocycles. The van der Waals surface area contributed by atoms with Gasteiger partial charge in [0.05, 0.1) is 25.1 Å². The van der Waals surface area contributed by atoms with Crippen molar-refractivity contribution >= 4 is 11.8 Å². The number of imidazole rings is 1. The third-order valence-corrected chi connectivity index (χ3v) is 5.32. The van der Waals surface area contributed by atoms with E-state index in [0.29, 0.717) is 37.9 Å². The molecule has 1 saturated heterocycles. The molecular weight excluding hydrogens is 332 g/mol. The Balaban J connectivity index is 1.61. The Morgan fingerprint density at radius 2 is 2.12 bits per heavy atom. The van der Waals surface area contributed by atoms with Gasteiger partial charge in [0, 0.05) is 32.4 Å². The zero-order valence-corrected chi connectivity index (χ0v) is 15.8. The molecule has 0 aliphatic carbocycles. The first kappa shape index (κ1) is 18.9. The lowest BCUT2D eigenvalue weighted by atomic mass is 10.0. The molecule has 0 bridgehead atoms. The van der Waals surface area contributed by atoms with E-state index < -0.39 is 6.04 Å². The van der Waals surface area contributed by atoms with Gasteiger partial charge < -0.3 is 19.5 Å². The van der Waals surface area contributed by atoms with Crippen LogP contribution in [0.3, 0.4) is 0 Å². The molecule has 7 nitrogen and oxygen atoms in total. The van der Waals surface area contributed by atoms with Gasteiger partial charge >= 0.3 is 0 Å². The topological polar surface area (TPSA) is 76.5 Å². The van der Waals surface area contributed by atoms with Gasteiger partial charge in [0.25, 0.3) is 0 Å². The smallest absolute Gasteiger partial charge is 0.244 e. The van der Waals surface area contributed by atoms with Crippen molar-refractivity contribution in [1.82, 2.24) is 19.8 Å². The second-order valence-corrected chi connectivity index (χ2v) is 7.82. The maximum atomic E-state index is 12.8. The second kappa shape index (κ2) is 8.66. The van der Waals surface area contributed by atoms with Gasteiger partial charge in [-0.3, -0.25) is 9.59 Å². The summed E-state index contributed by atoms with van der Waals surface area (Å²) in [6.07, 6.45) is 6.82. The maximum Gasteiger partial charge on any atom is 0.244 e. The fourth-order valence-corrected chi connectivity index (χ4v) is 3.57. The molecule has 26 heavy (non-hydrogen) atoms. The molecular formula is C19H30N4O3. The van der Waals surface area contributed by atoms with Gasteiger partial charge in [-0.2, -0.15) is 0 Å². The largest absolute Gasteiger partial charge is 0.381 e. The zero-order valence-electron chi connectivity index (χ0n) is 15.8. The van der Waals surface area contributed by atoms with Crippen LogP contribution >= 0.6 is 0 Å². The van der Waals surface area contributed by atoms with Gasteiger partial charge in [-0.15, -0.1) is 0 Å². The minimum Gasteiger partial charge on any atom is -0.381 e. The number of nitrogens with zero attached hydrogens (tertiary/aromatic N) is 3. The first-order chi connectivity index (χ1) is 12.5. The van der Waals surface area contributed by atoms with E-state index in [2.05, 4.69) is 24.1 Å². The van der Waals surface area contributed by atoms with E-state index >= 15 is 0 Å². The van der Waals surface area contributed by atoms with Crippen LogP contribution in [0.25, 0.3) is 0 Å². The zero-order chi connectivity index (χ0) is 18.5. The highest BCUT2D eigenvalue weighted by Gasteiger charge is 2.32. The van der Waals surface area contributed by atoms with Gasteiger partial charge in [-0.25, -0.2) is 4.98 Å². The number of ether oxygens (including phenoxy) is 1. The third-order valence-electron chi connectivity index (χ3n) is 5.32. The minimum absolute atomic E-state index is 0.0305. The van der Waals surface area contributed by atoms with E-state index in [1.54, 1.807) is 17.4 Å². The van der Waals surface area contributed by atoms with Crippen molar-refractivity contribution in [2.75, 3.05) is 26.3 Å². The van der Waals surface area contributed by atoms with Crippen LogP contribution in [0.5, 0.6) is 0 Å². The predicted molar refractivity (Wildman–Crippen MR) is 97.3 cm³/mol. The van der Waals surface area contributed by atoms with E-state index in [-0.39, 0.29) is 11.8 Å². The van der Waals surface area contributed by atoms with Crippen molar-refractivity contribution in [3.05, 3.63) is 18.2 Å². The maximum absolute atomic E-state index is 12.8. The first-order valence-corrected chi connectivity index (χ1v) is 9.68. The summed E-state index contributed by atoms with van der Waals surface area (Å²) >= 11 is 0. The van der Waals surface area contributed by atoms with Crippen LogP contribution in [0, 0.1) is 11.8 Å². The first-order valence-electron chi connectivity index (χ1n) is 9.68. The van der Waals surface area contributed by atoms with Crippen LogP contribution in [-0.2, 0) is 20.9 Å². The SMILES string of the molecule is CC(C)CCC(=O)N1Cc2cncn2C(C(=O)NCC2CCOCC2)C1. The lowest BCUT2D eigenvalue weighted by Crippen LogP contribution is -2.47. The van der Waals surface area contributed by atoms with E-state index in [1.807, 2.05) is 4.57 Å². The summed E-state index contributed by atoms with van der Waals surface area (Å²) in [5.74, 6) is 1.06. The molecule has 1 aromatic rings. The number of fused-ring (bicyclic) bond motifs is 1. The molecule has 1 atom stereocenters. The molecule has 7 heteroatoms. The van der Waals surface area contributed by atoms with Gasteiger partial charge in [-0.1, -0.05) is 13.8 Å². The molecule has 0 radical (unpaired) electrons. The second-order valence-electron chi connectivity index (χ2n) is 7.82. The Kier molecular flexibility index (Phi) is 6.29. The predicted octanol–water partition coefficient (Wildman–Crippen LogP) is 1.75. The number of nitrogens with one attached hydrogen (secondary N) is 1. The summed E-state index contributed by atoms with van der Waals surface area (Å²) < 4.78 is 7.28. The van der Waals surface area contributed by atoms with Gasteiger partial charge in [0.1, 0.15) is 6.04 Å². The van der Waals surface area contributed by atoms with Crippen molar-refractivity contribution in [1.29, 1.82) is 0 Å². The van der Waals surface area contributed by atoms with Crippen molar-refractivity contribution in [2.24, 2.45) is 11.8 Å². The van der Waals surface area contributed by atoms with Crippen LogP contribution in [0.1, 0.15) is 51.3 Å². The summed E-state index contributed by atoms with van der Waals surface area (Å²) in [5.41, 5.74) is 0.917. The Labute approximate surface area is 155 Å². The third kappa shape index (κ3) is 4.63. The van der Waals surface area contributed by atoms with E-state index in [1.165, 1.54) is 0 Å². The number of carbonyl (C=O) groups is 2. The number of hydrogen-bond donors (Lipinski definition) is 1. The number of rotatable bonds is 6. The summed E-state index contributed by atoms with van der Waals surface area (Å²) in [5, 5.41) is 3.08. The van der Waals surface area contributed by atoms with Gasteiger partial charge in [0.2, 0.25) is 11.8 Å². The summed E-state index contributed by atoms with van der Waals surface area (Å²) in [4.78, 5) is 31.4. The average molecular weight is 362 g/mol. The molecule has 0 aromatic carbocycles.